The van der Waals surface area contributed by atoms with E-state index in [4.69, 9.17) is 4.42 Å². The fourth-order valence-electron chi connectivity index (χ4n) is 3.02. The first-order valence-electron chi connectivity index (χ1n) is 6.95. The van der Waals surface area contributed by atoms with Crippen molar-refractivity contribution in [1.82, 2.24) is 24.4 Å². The average molecular weight is 285 g/mol. The van der Waals surface area contributed by atoms with E-state index in [-0.39, 0.29) is 11.7 Å². The van der Waals surface area contributed by atoms with Crippen LogP contribution < -0.4 is 5.69 Å². The Labute approximate surface area is 120 Å². The van der Waals surface area contributed by atoms with Crippen LogP contribution in [-0.2, 0) is 6.54 Å². The standard InChI is InChI=1S/C14H15N5O2/c20-14-17-12-5-15-9-16-13(12)19(14)11-1-3-18(7-11)6-10-2-4-21-8-10/h2,4-5,8-9,11H,1,3,6-7H2,(H,17,20). The lowest BCUT2D eigenvalue weighted by Crippen LogP contribution is -2.26. The van der Waals surface area contributed by atoms with Gasteiger partial charge < -0.3 is 9.40 Å². The van der Waals surface area contributed by atoms with Crippen LogP contribution >= 0.6 is 0 Å². The monoisotopic (exact) mass is 285 g/mol. The molecule has 3 aromatic rings. The zero-order chi connectivity index (χ0) is 14.2. The van der Waals surface area contributed by atoms with Gasteiger partial charge in [-0.05, 0) is 12.5 Å². The van der Waals surface area contributed by atoms with Gasteiger partial charge >= 0.3 is 5.69 Å². The Kier molecular flexibility index (Phi) is 2.85. The van der Waals surface area contributed by atoms with Gasteiger partial charge in [0.05, 0.1) is 24.8 Å². The van der Waals surface area contributed by atoms with Crippen molar-refractivity contribution >= 4 is 11.2 Å². The number of nitrogens with zero attached hydrogens (tertiary/aromatic N) is 4. The molecule has 4 heterocycles. The number of nitrogens with one attached hydrogen (secondary N) is 1. The van der Waals surface area contributed by atoms with Crippen molar-refractivity contribution in [2.75, 3.05) is 13.1 Å². The van der Waals surface area contributed by atoms with Crippen LogP contribution in [0.5, 0.6) is 0 Å². The summed E-state index contributed by atoms with van der Waals surface area (Å²) >= 11 is 0. The van der Waals surface area contributed by atoms with Gasteiger partial charge in [-0.1, -0.05) is 0 Å². The Bertz CT molecular complexity index is 804. The maximum absolute atomic E-state index is 12.2. The number of hydrogen-bond donors (Lipinski definition) is 1. The Balaban J connectivity index is 1.59. The van der Waals surface area contributed by atoms with Crippen molar-refractivity contribution in [2.24, 2.45) is 0 Å². The minimum absolute atomic E-state index is 0.110. The largest absolute Gasteiger partial charge is 0.472 e. The number of fused-ring (bicyclic) bond motifs is 1. The Hall–Kier alpha value is -2.41. The molecule has 21 heavy (non-hydrogen) atoms. The summed E-state index contributed by atoms with van der Waals surface area (Å²) in [4.78, 5) is 25.5. The summed E-state index contributed by atoms with van der Waals surface area (Å²) in [6.45, 7) is 2.64. The fraction of sp³-hybridized carbons (Fsp3) is 0.357. The van der Waals surface area contributed by atoms with Crippen molar-refractivity contribution < 1.29 is 4.42 Å². The molecule has 1 N–H and O–H groups in total. The van der Waals surface area contributed by atoms with E-state index in [1.165, 1.54) is 6.33 Å². The second-order valence-electron chi connectivity index (χ2n) is 5.37. The fourth-order valence-corrected chi connectivity index (χ4v) is 3.02. The average Bonchev–Trinajstić information content (AvgIpc) is 3.18. The summed E-state index contributed by atoms with van der Waals surface area (Å²) in [7, 11) is 0. The third-order valence-corrected chi connectivity index (χ3v) is 3.98. The molecule has 0 amide bonds. The van der Waals surface area contributed by atoms with E-state index in [9.17, 15) is 4.79 Å². The summed E-state index contributed by atoms with van der Waals surface area (Å²) in [6, 6.07) is 2.12. The zero-order valence-corrected chi connectivity index (χ0v) is 11.4. The quantitative estimate of drug-likeness (QED) is 0.781. The molecular weight excluding hydrogens is 270 g/mol. The molecule has 0 aromatic carbocycles. The molecule has 0 saturated carbocycles. The van der Waals surface area contributed by atoms with Crippen LogP contribution in [0, 0.1) is 0 Å². The highest BCUT2D eigenvalue weighted by Crippen LogP contribution is 2.24. The summed E-state index contributed by atoms with van der Waals surface area (Å²) in [6.07, 6.45) is 7.50. The van der Waals surface area contributed by atoms with Gasteiger partial charge in [0.1, 0.15) is 11.8 Å². The van der Waals surface area contributed by atoms with E-state index in [0.29, 0.717) is 11.2 Å². The van der Waals surface area contributed by atoms with E-state index in [1.807, 2.05) is 6.07 Å². The highest BCUT2D eigenvalue weighted by molar-refractivity contribution is 5.69. The number of rotatable bonds is 3. The first-order valence-corrected chi connectivity index (χ1v) is 6.95. The number of likely N-dealkylation sites (tertiary alicyclic amines) is 1. The Morgan fingerprint density at radius 3 is 3.29 bits per heavy atom. The first-order chi connectivity index (χ1) is 10.3. The van der Waals surface area contributed by atoms with Gasteiger partial charge in [-0.3, -0.25) is 9.47 Å². The van der Waals surface area contributed by atoms with Gasteiger partial charge in [0, 0.05) is 25.2 Å². The molecule has 0 radical (unpaired) electrons. The van der Waals surface area contributed by atoms with Crippen LogP contribution in [0.1, 0.15) is 18.0 Å². The molecule has 7 heteroatoms. The molecule has 7 nitrogen and oxygen atoms in total. The van der Waals surface area contributed by atoms with E-state index < -0.39 is 0 Å². The SMILES string of the molecule is O=c1[nH]c2cncnc2n1C1CCN(Cc2ccoc2)C1. The van der Waals surface area contributed by atoms with Crippen molar-refractivity contribution in [3.05, 3.63) is 47.2 Å². The van der Waals surface area contributed by atoms with Crippen LogP contribution in [0.15, 0.2) is 40.3 Å². The van der Waals surface area contributed by atoms with E-state index in [0.717, 1.165) is 31.6 Å². The molecule has 0 bridgehead atoms. The summed E-state index contributed by atoms with van der Waals surface area (Å²) < 4.78 is 6.85. The highest BCUT2D eigenvalue weighted by atomic mass is 16.3. The predicted octanol–water partition coefficient (Wildman–Crippen LogP) is 1.16. The van der Waals surface area contributed by atoms with E-state index in [1.54, 1.807) is 23.3 Å². The molecule has 1 fully saturated rings. The lowest BCUT2D eigenvalue weighted by molar-refractivity contribution is 0.315. The number of aromatic amines is 1. The van der Waals surface area contributed by atoms with Gasteiger partial charge in [0.25, 0.3) is 0 Å². The Morgan fingerprint density at radius 2 is 2.43 bits per heavy atom. The molecular formula is C14H15N5O2. The maximum atomic E-state index is 12.2. The molecule has 1 unspecified atom stereocenters. The minimum Gasteiger partial charge on any atom is -0.472 e. The van der Waals surface area contributed by atoms with Crippen LogP contribution in [0.3, 0.4) is 0 Å². The number of H-pyrrole nitrogens is 1. The van der Waals surface area contributed by atoms with Crippen LogP contribution in [0.4, 0.5) is 0 Å². The van der Waals surface area contributed by atoms with Gasteiger partial charge in [0.2, 0.25) is 0 Å². The number of imidazole rings is 1. The van der Waals surface area contributed by atoms with Crippen molar-refractivity contribution in [3.8, 4) is 0 Å². The lowest BCUT2D eigenvalue weighted by atomic mass is 10.2. The molecule has 3 aromatic heterocycles. The molecule has 4 rings (SSSR count). The third-order valence-electron chi connectivity index (χ3n) is 3.98. The molecule has 1 saturated heterocycles. The van der Waals surface area contributed by atoms with Gasteiger partial charge in [0.15, 0.2) is 5.65 Å². The van der Waals surface area contributed by atoms with Crippen LogP contribution in [0.2, 0.25) is 0 Å². The predicted molar refractivity (Wildman–Crippen MR) is 75.8 cm³/mol. The van der Waals surface area contributed by atoms with Gasteiger partial charge in [-0.2, -0.15) is 0 Å². The van der Waals surface area contributed by atoms with Crippen molar-refractivity contribution in [2.45, 2.75) is 19.0 Å². The lowest BCUT2D eigenvalue weighted by Gasteiger charge is -2.15. The Morgan fingerprint density at radius 1 is 1.48 bits per heavy atom. The molecule has 1 aliphatic rings. The molecule has 1 aliphatic heterocycles. The summed E-state index contributed by atoms with van der Waals surface area (Å²) in [5, 5.41) is 0. The number of aromatic nitrogens is 4. The molecule has 108 valence electrons. The second kappa shape index (κ2) is 4.85. The highest BCUT2D eigenvalue weighted by Gasteiger charge is 2.27. The topological polar surface area (TPSA) is 80.0 Å². The smallest absolute Gasteiger partial charge is 0.328 e. The molecule has 0 aliphatic carbocycles. The van der Waals surface area contributed by atoms with Gasteiger partial charge in [-0.25, -0.2) is 14.8 Å². The van der Waals surface area contributed by atoms with Crippen LogP contribution in [0.25, 0.3) is 11.2 Å². The molecule has 0 spiro atoms. The van der Waals surface area contributed by atoms with Crippen molar-refractivity contribution in [1.29, 1.82) is 0 Å². The van der Waals surface area contributed by atoms with Gasteiger partial charge in [-0.15, -0.1) is 0 Å². The van der Waals surface area contributed by atoms with E-state index >= 15 is 0 Å². The number of furan rings is 1. The molecule has 1 atom stereocenters. The van der Waals surface area contributed by atoms with E-state index in [2.05, 4.69) is 19.9 Å². The van der Waals surface area contributed by atoms with Crippen LogP contribution in [-0.4, -0.2) is 37.5 Å². The second-order valence-corrected chi connectivity index (χ2v) is 5.37. The van der Waals surface area contributed by atoms with Crippen molar-refractivity contribution in [3.63, 3.8) is 0 Å². The maximum Gasteiger partial charge on any atom is 0.328 e. The first kappa shape index (κ1) is 12.3. The summed E-state index contributed by atoms with van der Waals surface area (Å²) in [5.74, 6) is 0. The minimum atomic E-state index is -0.110. The summed E-state index contributed by atoms with van der Waals surface area (Å²) in [5.41, 5.74) is 2.42. The zero-order valence-electron chi connectivity index (χ0n) is 11.4. The third kappa shape index (κ3) is 2.15. The number of hydrogen-bond acceptors (Lipinski definition) is 5. The normalized spacial score (nSPS) is 19.5.